The van der Waals surface area contributed by atoms with Crippen LogP contribution in [-0.2, 0) is 0 Å². The first kappa shape index (κ1) is 13.2. The Morgan fingerprint density at radius 1 is 1.28 bits per heavy atom. The van der Waals surface area contributed by atoms with Gasteiger partial charge in [0.15, 0.2) is 5.82 Å². The predicted octanol–water partition coefficient (Wildman–Crippen LogP) is 4.65. The normalized spacial score (nSPS) is 11.0. The van der Waals surface area contributed by atoms with Gasteiger partial charge in [-0.15, -0.1) is 0 Å². The second-order valence-corrected chi connectivity index (χ2v) is 4.95. The van der Waals surface area contributed by atoms with Crippen molar-refractivity contribution in [2.45, 2.75) is 19.9 Å². The minimum absolute atomic E-state index is 0.0207. The number of nitrogens with zero attached hydrogens (tertiary/aromatic N) is 2. The average Bonchev–Trinajstić information content (AvgIpc) is 2.74. The Bertz CT molecular complexity index is 543. The molecule has 0 atom stereocenters. The molecule has 0 saturated carbocycles. The van der Waals surface area contributed by atoms with E-state index >= 15 is 0 Å². The summed E-state index contributed by atoms with van der Waals surface area (Å²) in [6.45, 7) is 4.08. The summed E-state index contributed by atoms with van der Waals surface area (Å²) in [4.78, 5) is 4.19. The van der Waals surface area contributed by atoms with Gasteiger partial charge in [-0.2, -0.15) is 0 Å². The summed E-state index contributed by atoms with van der Waals surface area (Å²) in [7, 11) is 0. The molecule has 6 heteroatoms. The zero-order chi connectivity index (χ0) is 13.3. The van der Waals surface area contributed by atoms with Crippen molar-refractivity contribution in [1.29, 1.82) is 0 Å². The average molecular weight is 288 g/mol. The van der Waals surface area contributed by atoms with Crippen LogP contribution in [0.1, 0.15) is 19.9 Å². The van der Waals surface area contributed by atoms with E-state index in [1.807, 2.05) is 24.6 Å². The van der Waals surface area contributed by atoms with Gasteiger partial charge in [0, 0.05) is 24.1 Å². The van der Waals surface area contributed by atoms with E-state index < -0.39 is 5.82 Å². The van der Waals surface area contributed by atoms with Crippen LogP contribution in [0.25, 0.3) is 0 Å². The van der Waals surface area contributed by atoms with E-state index in [1.54, 1.807) is 6.20 Å². The Morgan fingerprint density at radius 3 is 2.44 bits per heavy atom. The van der Waals surface area contributed by atoms with Gasteiger partial charge in [0.1, 0.15) is 0 Å². The van der Waals surface area contributed by atoms with Gasteiger partial charge in [0.05, 0.1) is 10.0 Å². The van der Waals surface area contributed by atoms with Gasteiger partial charge in [-0.25, -0.2) is 9.37 Å². The highest BCUT2D eigenvalue weighted by Gasteiger charge is 2.10. The lowest BCUT2D eigenvalue weighted by atomic mass is 10.3. The zero-order valence-corrected chi connectivity index (χ0v) is 11.4. The summed E-state index contributed by atoms with van der Waals surface area (Å²) in [6.07, 6.45) is 3.55. The number of aromatic nitrogens is 2. The van der Waals surface area contributed by atoms with Crippen molar-refractivity contribution in [2.75, 3.05) is 5.32 Å². The van der Waals surface area contributed by atoms with E-state index in [0.29, 0.717) is 11.6 Å². The van der Waals surface area contributed by atoms with Crippen LogP contribution in [0.3, 0.4) is 0 Å². The predicted molar refractivity (Wildman–Crippen MR) is 72.3 cm³/mol. The van der Waals surface area contributed by atoms with Crippen LogP contribution in [0.15, 0.2) is 24.5 Å². The van der Waals surface area contributed by atoms with Crippen LogP contribution < -0.4 is 5.32 Å². The molecule has 1 heterocycles. The number of benzene rings is 1. The summed E-state index contributed by atoms with van der Waals surface area (Å²) in [5, 5.41) is 3.02. The molecule has 0 spiro atoms. The molecule has 0 bridgehead atoms. The summed E-state index contributed by atoms with van der Waals surface area (Å²) in [5.41, 5.74) is 0.597. The van der Waals surface area contributed by atoms with Gasteiger partial charge in [-0.05, 0) is 26.0 Å². The Balaban J connectivity index is 2.32. The minimum Gasteiger partial charge on any atom is -0.326 e. The van der Waals surface area contributed by atoms with Crippen LogP contribution in [0, 0.1) is 5.82 Å². The fraction of sp³-hybridized carbons (Fsp3) is 0.250. The lowest BCUT2D eigenvalue weighted by Gasteiger charge is -2.13. The van der Waals surface area contributed by atoms with Crippen molar-refractivity contribution in [2.24, 2.45) is 0 Å². The zero-order valence-electron chi connectivity index (χ0n) is 9.92. The van der Waals surface area contributed by atoms with Gasteiger partial charge in [-0.1, -0.05) is 23.2 Å². The third-order valence-corrected chi connectivity index (χ3v) is 3.02. The van der Waals surface area contributed by atoms with E-state index in [4.69, 9.17) is 23.2 Å². The van der Waals surface area contributed by atoms with Crippen molar-refractivity contribution in [1.82, 2.24) is 9.55 Å². The molecule has 0 fully saturated rings. The maximum Gasteiger partial charge on any atom is 0.207 e. The summed E-state index contributed by atoms with van der Waals surface area (Å²) in [6, 6.07) is 3.21. The van der Waals surface area contributed by atoms with E-state index in [1.165, 1.54) is 12.1 Å². The Hall–Kier alpha value is -1.26. The van der Waals surface area contributed by atoms with E-state index in [2.05, 4.69) is 10.3 Å². The molecule has 3 nitrogen and oxygen atoms in total. The van der Waals surface area contributed by atoms with Crippen molar-refractivity contribution < 1.29 is 4.39 Å². The van der Waals surface area contributed by atoms with E-state index in [9.17, 15) is 4.39 Å². The fourth-order valence-corrected chi connectivity index (χ4v) is 2.07. The lowest BCUT2D eigenvalue weighted by molar-refractivity contribution is 0.607. The molecular formula is C12H12Cl2FN3. The van der Waals surface area contributed by atoms with Crippen molar-refractivity contribution in [3.8, 4) is 0 Å². The molecule has 0 unspecified atom stereocenters. The Morgan fingerprint density at radius 2 is 1.89 bits per heavy atom. The van der Waals surface area contributed by atoms with Crippen molar-refractivity contribution in [3.05, 3.63) is 40.4 Å². The third kappa shape index (κ3) is 2.60. The van der Waals surface area contributed by atoms with Crippen LogP contribution in [-0.4, -0.2) is 9.55 Å². The number of hydrogen-bond acceptors (Lipinski definition) is 2. The number of halogens is 3. The minimum atomic E-state index is -0.615. The number of nitrogens with one attached hydrogen (secondary N) is 1. The molecule has 1 aromatic carbocycles. The molecule has 1 aromatic heterocycles. The highest BCUT2D eigenvalue weighted by molar-refractivity contribution is 6.35. The van der Waals surface area contributed by atoms with Gasteiger partial charge >= 0.3 is 0 Å². The number of anilines is 2. The number of imidazole rings is 1. The van der Waals surface area contributed by atoms with Gasteiger partial charge in [-0.3, -0.25) is 0 Å². The maximum atomic E-state index is 13.3. The van der Waals surface area contributed by atoms with Crippen LogP contribution >= 0.6 is 23.2 Å². The first-order chi connectivity index (χ1) is 8.49. The first-order valence-electron chi connectivity index (χ1n) is 5.43. The second-order valence-electron chi connectivity index (χ2n) is 4.13. The van der Waals surface area contributed by atoms with Crippen molar-refractivity contribution in [3.63, 3.8) is 0 Å². The van der Waals surface area contributed by atoms with Crippen LogP contribution in [0.4, 0.5) is 16.0 Å². The smallest absolute Gasteiger partial charge is 0.207 e. The van der Waals surface area contributed by atoms with Crippen LogP contribution in [0.5, 0.6) is 0 Å². The Labute approximate surface area is 115 Å². The summed E-state index contributed by atoms with van der Waals surface area (Å²) in [5.74, 6) is 0.0415. The fourth-order valence-electron chi connectivity index (χ4n) is 1.58. The molecule has 96 valence electrons. The molecule has 18 heavy (non-hydrogen) atoms. The van der Waals surface area contributed by atoms with Gasteiger partial charge in [0.25, 0.3) is 0 Å². The summed E-state index contributed by atoms with van der Waals surface area (Å²) >= 11 is 11.5. The summed E-state index contributed by atoms with van der Waals surface area (Å²) < 4.78 is 15.2. The topological polar surface area (TPSA) is 29.9 Å². The Kier molecular flexibility index (Phi) is 3.78. The molecule has 0 aliphatic heterocycles. The highest BCUT2D eigenvalue weighted by Crippen LogP contribution is 2.29. The van der Waals surface area contributed by atoms with Gasteiger partial charge < -0.3 is 9.88 Å². The number of hydrogen-bond donors (Lipinski definition) is 1. The molecular weight excluding hydrogens is 276 g/mol. The standard InChI is InChI=1S/C12H12Cl2FN3/c1-7(2)18-4-3-16-12(18)17-8-5-9(13)11(15)10(14)6-8/h3-7H,1-2H3,(H,16,17). The molecule has 0 aliphatic carbocycles. The molecule has 1 N–H and O–H groups in total. The molecule has 0 aliphatic rings. The number of rotatable bonds is 3. The van der Waals surface area contributed by atoms with E-state index in [-0.39, 0.29) is 16.1 Å². The highest BCUT2D eigenvalue weighted by atomic mass is 35.5. The van der Waals surface area contributed by atoms with Gasteiger partial charge in [0.2, 0.25) is 5.95 Å². The molecule has 0 radical (unpaired) electrons. The van der Waals surface area contributed by atoms with E-state index in [0.717, 1.165) is 0 Å². The quantitative estimate of drug-likeness (QED) is 0.833. The SMILES string of the molecule is CC(C)n1ccnc1Nc1cc(Cl)c(F)c(Cl)c1. The molecule has 0 amide bonds. The maximum absolute atomic E-state index is 13.3. The monoisotopic (exact) mass is 287 g/mol. The molecule has 2 aromatic rings. The molecule has 0 saturated heterocycles. The third-order valence-electron chi connectivity index (χ3n) is 2.46. The van der Waals surface area contributed by atoms with Crippen LogP contribution in [0.2, 0.25) is 10.0 Å². The first-order valence-corrected chi connectivity index (χ1v) is 6.19. The molecule has 2 rings (SSSR count). The second kappa shape index (κ2) is 5.16. The van der Waals surface area contributed by atoms with Crippen molar-refractivity contribution >= 4 is 34.8 Å². The largest absolute Gasteiger partial charge is 0.326 e. The lowest BCUT2D eigenvalue weighted by Crippen LogP contribution is -2.05.